The predicted octanol–water partition coefficient (Wildman–Crippen LogP) is 5.47. The normalized spacial score (nSPS) is 16.2. The van der Waals surface area contributed by atoms with Crippen molar-refractivity contribution in [2.75, 3.05) is 9.80 Å². The predicted molar refractivity (Wildman–Crippen MR) is 155 cm³/mol. The molecular formula is C32H30N4O5. The summed E-state index contributed by atoms with van der Waals surface area (Å²) in [6.45, 7) is 2.18. The molecule has 0 fully saturated rings. The first kappa shape index (κ1) is 28.8. The summed E-state index contributed by atoms with van der Waals surface area (Å²) >= 11 is 0. The Balaban J connectivity index is 0.000000173. The number of aliphatic hydroxyl groups is 1. The number of urea groups is 2. The Bertz CT molecular complexity index is 1490. The minimum absolute atomic E-state index is 0.250. The van der Waals surface area contributed by atoms with Crippen LogP contribution in [0.1, 0.15) is 41.2 Å². The minimum atomic E-state index is -0.637. The molecule has 2 aliphatic heterocycles. The zero-order valence-corrected chi connectivity index (χ0v) is 22.4. The van der Waals surface area contributed by atoms with E-state index in [1.54, 1.807) is 11.0 Å². The van der Waals surface area contributed by atoms with Crippen molar-refractivity contribution < 1.29 is 24.3 Å². The summed E-state index contributed by atoms with van der Waals surface area (Å²) < 4.78 is 0. The maximum Gasteiger partial charge on any atom is 0.373 e. The third-order valence-corrected chi connectivity index (χ3v) is 7.09. The molecule has 0 aliphatic carbocycles. The van der Waals surface area contributed by atoms with Crippen LogP contribution in [0.2, 0.25) is 0 Å². The summed E-state index contributed by atoms with van der Waals surface area (Å²) in [5.74, 6) is 0.363. The number of amides is 4. The fourth-order valence-corrected chi connectivity index (χ4v) is 5.38. The van der Waals surface area contributed by atoms with Crippen molar-refractivity contribution in [3.8, 4) is 0 Å². The topological polar surface area (TPSA) is 147 Å². The van der Waals surface area contributed by atoms with Gasteiger partial charge in [0.2, 0.25) is 0 Å². The zero-order valence-electron chi connectivity index (χ0n) is 22.4. The average Bonchev–Trinajstić information content (AvgIpc) is 3.17. The lowest BCUT2D eigenvalue weighted by Gasteiger charge is -2.22. The lowest BCUT2D eigenvalue weighted by atomic mass is 9.94. The molecule has 2 atom stereocenters. The van der Waals surface area contributed by atoms with Gasteiger partial charge in [-0.2, -0.15) is 9.59 Å². The van der Waals surface area contributed by atoms with Gasteiger partial charge in [0.25, 0.3) is 0 Å². The number of primary amides is 2. The second-order valence-electron chi connectivity index (χ2n) is 9.63. The van der Waals surface area contributed by atoms with Crippen molar-refractivity contribution in [1.82, 2.24) is 0 Å². The molecule has 2 heterocycles. The van der Waals surface area contributed by atoms with E-state index in [0.717, 1.165) is 45.7 Å². The first-order chi connectivity index (χ1) is 19.8. The highest BCUT2D eigenvalue weighted by atomic mass is 16.3. The second-order valence-corrected chi connectivity index (χ2v) is 9.63. The largest absolute Gasteiger partial charge is 0.388 e. The van der Waals surface area contributed by atoms with E-state index in [9.17, 15) is 14.7 Å². The van der Waals surface area contributed by atoms with Gasteiger partial charge in [-0.3, -0.25) is 9.80 Å². The van der Waals surface area contributed by atoms with E-state index in [0.29, 0.717) is 18.0 Å². The molecule has 0 radical (unpaired) electrons. The van der Waals surface area contributed by atoms with E-state index in [-0.39, 0.29) is 6.15 Å². The van der Waals surface area contributed by atoms with E-state index >= 15 is 0 Å². The molecule has 5 N–H and O–H groups in total. The highest BCUT2D eigenvalue weighted by Crippen LogP contribution is 2.41. The summed E-state index contributed by atoms with van der Waals surface area (Å²) in [5, 5.41) is 10.3. The summed E-state index contributed by atoms with van der Waals surface area (Å²) in [6.07, 6.45) is 0.996. The number of aliphatic hydroxyl groups excluding tert-OH is 1. The van der Waals surface area contributed by atoms with Crippen molar-refractivity contribution in [2.45, 2.75) is 31.8 Å². The Labute approximate surface area is 237 Å². The molecule has 41 heavy (non-hydrogen) atoms. The van der Waals surface area contributed by atoms with E-state index in [2.05, 4.69) is 19.1 Å². The van der Waals surface area contributed by atoms with Crippen molar-refractivity contribution >= 4 is 41.0 Å². The smallest absolute Gasteiger partial charge is 0.373 e. The average molecular weight is 551 g/mol. The van der Waals surface area contributed by atoms with Crippen LogP contribution in [0.5, 0.6) is 0 Å². The van der Waals surface area contributed by atoms with E-state index < -0.39 is 18.2 Å². The van der Waals surface area contributed by atoms with E-state index in [4.69, 9.17) is 21.1 Å². The molecule has 6 rings (SSSR count). The van der Waals surface area contributed by atoms with Crippen molar-refractivity contribution in [3.05, 3.63) is 119 Å². The number of benzene rings is 4. The van der Waals surface area contributed by atoms with Crippen LogP contribution in [0, 0.1) is 0 Å². The summed E-state index contributed by atoms with van der Waals surface area (Å²) in [7, 11) is 0. The van der Waals surface area contributed by atoms with E-state index in [1.165, 1.54) is 4.90 Å². The van der Waals surface area contributed by atoms with Gasteiger partial charge in [0, 0.05) is 12.0 Å². The number of nitrogens with zero attached hydrogens (tertiary/aromatic N) is 2. The number of rotatable bonds is 0. The molecule has 2 unspecified atom stereocenters. The third kappa shape index (κ3) is 6.01. The van der Waals surface area contributed by atoms with Crippen LogP contribution in [-0.2, 0) is 22.4 Å². The number of hydrogen-bond donors (Lipinski definition) is 3. The lowest BCUT2D eigenvalue weighted by Crippen LogP contribution is -2.32. The quantitative estimate of drug-likeness (QED) is 0.266. The molecule has 4 amide bonds. The van der Waals surface area contributed by atoms with Crippen LogP contribution < -0.4 is 21.3 Å². The fourth-order valence-electron chi connectivity index (χ4n) is 5.38. The monoisotopic (exact) mass is 550 g/mol. The molecule has 0 saturated carbocycles. The molecule has 0 bridgehead atoms. The van der Waals surface area contributed by atoms with Crippen molar-refractivity contribution in [2.24, 2.45) is 11.5 Å². The van der Waals surface area contributed by atoms with Crippen LogP contribution in [0.25, 0.3) is 0 Å². The molecule has 9 nitrogen and oxygen atoms in total. The number of anilines is 4. The molecule has 2 aliphatic rings. The van der Waals surface area contributed by atoms with Crippen molar-refractivity contribution in [3.63, 3.8) is 0 Å². The highest BCUT2D eigenvalue weighted by Gasteiger charge is 2.28. The van der Waals surface area contributed by atoms with Gasteiger partial charge in [0.15, 0.2) is 0 Å². The molecule has 0 spiro atoms. The number of carbonyl (C=O) groups excluding carboxylic acids is 4. The Morgan fingerprint density at radius 1 is 0.659 bits per heavy atom. The summed E-state index contributed by atoms with van der Waals surface area (Å²) in [5.41, 5.74) is 18.2. The van der Waals surface area contributed by atoms with E-state index in [1.807, 2.05) is 78.9 Å². The SMILES string of the molecule is CC1Cc2ccccc2N(C(N)=O)c2ccccc21.NC(=O)N1c2ccccc2CC(O)c2ccccc21.O=C=O. The molecule has 0 aromatic heterocycles. The van der Waals surface area contributed by atoms with Crippen LogP contribution >= 0.6 is 0 Å². The fraction of sp³-hybridized carbons (Fsp3) is 0.156. The maximum absolute atomic E-state index is 11.9. The number of carbonyl (C=O) groups is 2. The zero-order chi connectivity index (χ0) is 29.5. The molecular weight excluding hydrogens is 520 g/mol. The molecule has 208 valence electrons. The lowest BCUT2D eigenvalue weighted by molar-refractivity contribution is -0.191. The van der Waals surface area contributed by atoms with Gasteiger partial charge >= 0.3 is 18.2 Å². The number of para-hydroxylation sites is 4. The Morgan fingerprint density at radius 3 is 1.51 bits per heavy atom. The van der Waals surface area contributed by atoms with Crippen LogP contribution in [0.4, 0.5) is 32.3 Å². The van der Waals surface area contributed by atoms with Gasteiger partial charge in [0.05, 0.1) is 28.9 Å². The van der Waals surface area contributed by atoms with Gasteiger partial charge in [0.1, 0.15) is 0 Å². The molecule has 4 aromatic rings. The highest BCUT2D eigenvalue weighted by molar-refractivity contribution is 6.01. The molecule has 4 aromatic carbocycles. The Kier molecular flexibility index (Phi) is 8.94. The van der Waals surface area contributed by atoms with Crippen LogP contribution in [0.3, 0.4) is 0 Å². The van der Waals surface area contributed by atoms with Gasteiger partial charge in [-0.1, -0.05) is 79.7 Å². The van der Waals surface area contributed by atoms with Gasteiger partial charge in [-0.25, -0.2) is 9.59 Å². The Morgan fingerprint density at radius 2 is 1.02 bits per heavy atom. The van der Waals surface area contributed by atoms with Crippen LogP contribution in [-0.4, -0.2) is 23.3 Å². The van der Waals surface area contributed by atoms with Gasteiger partial charge in [-0.05, 0) is 53.3 Å². The second kappa shape index (κ2) is 12.7. The van der Waals surface area contributed by atoms with Gasteiger partial charge < -0.3 is 16.6 Å². The Hall–Kier alpha value is -5.24. The maximum atomic E-state index is 11.9. The van der Waals surface area contributed by atoms with Crippen LogP contribution in [0.15, 0.2) is 97.1 Å². The third-order valence-electron chi connectivity index (χ3n) is 7.09. The van der Waals surface area contributed by atoms with Gasteiger partial charge in [-0.15, -0.1) is 0 Å². The molecule has 9 heteroatoms. The summed E-state index contributed by atoms with van der Waals surface area (Å²) in [4.78, 5) is 43.0. The molecule has 0 saturated heterocycles. The number of fused-ring (bicyclic) bond motifs is 4. The first-order valence-corrected chi connectivity index (χ1v) is 13.0. The standard InChI is InChI=1S/C16H16N2O.C15H14N2O2.CO2/c1-11-10-12-6-2-4-8-14(12)18(16(17)19)15-9-5-3-7-13(11)15;16-15(19)17-12-7-3-1-5-10(12)9-14(18)11-6-2-4-8-13(11)17;2-1-3/h2-9,11H,10H2,1H3,(H2,17,19);1-8,14,18H,9H2,(H2,16,19);. The number of nitrogens with two attached hydrogens (primary N) is 2. The minimum Gasteiger partial charge on any atom is -0.388 e. The summed E-state index contributed by atoms with van der Waals surface area (Å²) in [6, 6.07) is 29.7. The van der Waals surface area contributed by atoms with Crippen molar-refractivity contribution in [1.29, 1.82) is 0 Å². The number of hydrogen-bond acceptors (Lipinski definition) is 5. The first-order valence-electron chi connectivity index (χ1n) is 13.0.